The molecule has 0 bridgehead atoms. The molecule has 0 amide bonds. The molecule has 1 aromatic rings. The molecule has 68 valence electrons. The Morgan fingerprint density at radius 2 is 2.50 bits per heavy atom. The number of nitrogens with zero attached hydrogens (tertiary/aromatic N) is 1. The van der Waals surface area contributed by atoms with Crippen LogP contribution in [0.15, 0.2) is 10.9 Å². The van der Waals surface area contributed by atoms with Gasteiger partial charge >= 0.3 is 0 Å². The van der Waals surface area contributed by atoms with Gasteiger partial charge in [0.25, 0.3) is 0 Å². The number of rotatable bonds is 1. The molecule has 1 aromatic heterocycles. The van der Waals surface area contributed by atoms with Crippen molar-refractivity contribution in [3.63, 3.8) is 0 Å². The second-order valence-electron chi connectivity index (χ2n) is 2.96. The highest BCUT2D eigenvalue weighted by Crippen LogP contribution is 2.22. The zero-order valence-corrected chi connectivity index (χ0v) is 8.46. The molecule has 0 aliphatic carbocycles. The van der Waals surface area contributed by atoms with E-state index in [1.54, 1.807) is 11.3 Å². The zero-order valence-electron chi connectivity index (χ0n) is 6.82. The van der Waals surface area contributed by atoms with E-state index in [0.29, 0.717) is 5.92 Å². The van der Waals surface area contributed by atoms with Crippen LogP contribution in [0.5, 0.6) is 0 Å². The first kappa shape index (κ1) is 9.96. The minimum atomic E-state index is 0. The van der Waals surface area contributed by atoms with Crippen molar-refractivity contribution in [3.05, 3.63) is 16.6 Å². The molecule has 12 heavy (non-hydrogen) atoms. The average Bonchev–Trinajstić information content (AvgIpc) is 2.58. The number of halogens is 1. The van der Waals surface area contributed by atoms with Gasteiger partial charge in [-0.25, -0.2) is 4.98 Å². The van der Waals surface area contributed by atoms with Crippen molar-refractivity contribution in [2.24, 2.45) is 0 Å². The van der Waals surface area contributed by atoms with Crippen molar-refractivity contribution in [2.75, 3.05) is 13.1 Å². The van der Waals surface area contributed by atoms with Crippen LogP contribution in [0.3, 0.4) is 0 Å². The molecule has 1 unspecified atom stereocenters. The molecule has 0 spiro atoms. The first-order valence-corrected chi connectivity index (χ1v) is 5.00. The maximum Gasteiger partial charge on any atom is 0.0794 e. The van der Waals surface area contributed by atoms with Crippen molar-refractivity contribution in [1.82, 2.24) is 10.3 Å². The molecule has 0 aromatic carbocycles. The Hall–Kier alpha value is -0.120. The van der Waals surface area contributed by atoms with Crippen LogP contribution in [0.25, 0.3) is 0 Å². The molecular formula is C8H13ClN2S. The maximum atomic E-state index is 4.32. The third kappa shape index (κ3) is 2.19. The Morgan fingerprint density at radius 1 is 1.58 bits per heavy atom. The fraction of sp³-hybridized carbons (Fsp3) is 0.625. The molecule has 1 N–H and O–H groups in total. The Balaban J connectivity index is 0.000000720. The van der Waals surface area contributed by atoms with Gasteiger partial charge in [0.1, 0.15) is 0 Å². The highest BCUT2D eigenvalue weighted by atomic mass is 35.5. The minimum Gasteiger partial charge on any atom is -0.316 e. The van der Waals surface area contributed by atoms with E-state index in [0.717, 1.165) is 6.54 Å². The van der Waals surface area contributed by atoms with Gasteiger partial charge in [-0.05, 0) is 19.4 Å². The standard InChI is InChI=1S/C8H12N2S.ClH/c1-2-7(4-9-3-1)8-5-11-6-10-8;/h5-7,9H,1-4H2;1H. The quantitative estimate of drug-likeness (QED) is 0.758. The topological polar surface area (TPSA) is 24.9 Å². The highest BCUT2D eigenvalue weighted by Gasteiger charge is 2.15. The summed E-state index contributed by atoms with van der Waals surface area (Å²) in [5.41, 5.74) is 3.20. The maximum absolute atomic E-state index is 4.32. The van der Waals surface area contributed by atoms with Crippen LogP contribution in [0.2, 0.25) is 0 Å². The largest absolute Gasteiger partial charge is 0.316 e. The van der Waals surface area contributed by atoms with E-state index in [9.17, 15) is 0 Å². The number of thiazole rings is 1. The van der Waals surface area contributed by atoms with Crippen LogP contribution in [-0.2, 0) is 0 Å². The highest BCUT2D eigenvalue weighted by molar-refractivity contribution is 7.07. The zero-order chi connectivity index (χ0) is 7.52. The van der Waals surface area contributed by atoms with Crippen LogP contribution < -0.4 is 5.32 Å². The van der Waals surface area contributed by atoms with Gasteiger partial charge in [-0.2, -0.15) is 0 Å². The lowest BCUT2D eigenvalue weighted by Crippen LogP contribution is -2.28. The lowest BCUT2D eigenvalue weighted by Gasteiger charge is -2.20. The van der Waals surface area contributed by atoms with E-state index < -0.39 is 0 Å². The number of hydrogen-bond acceptors (Lipinski definition) is 3. The molecule has 2 nitrogen and oxygen atoms in total. The Labute approximate surface area is 82.8 Å². The Morgan fingerprint density at radius 3 is 3.08 bits per heavy atom. The minimum absolute atomic E-state index is 0. The fourth-order valence-corrected chi connectivity index (χ4v) is 2.16. The summed E-state index contributed by atoms with van der Waals surface area (Å²) in [5, 5.41) is 5.55. The lowest BCUT2D eigenvalue weighted by molar-refractivity contribution is 0.456. The Kier molecular flexibility index (Phi) is 3.98. The number of aromatic nitrogens is 1. The third-order valence-electron chi connectivity index (χ3n) is 2.17. The van der Waals surface area contributed by atoms with E-state index in [-0.39, 0.29) is 12.4 Å². The van der Waals surface area contributed by atoms with Gasteiger partial charge in [0.05, 0.1) is 11.2 Å². The van der Waals surface area contributed by atoms with Gasteiger partial charge in [-0.15, -0.1) is 23.7 Å². The molecule has 1 aliphatic heterocycles. The first-order chi connectivity index (χ1) is 5.47. The van der Waals surface area contributed by atoms with E-state index in [2.05, 4.69) is 15.7 Å². The average molecular weight is 205 g/mol. The Bertz CT molecular complexity index is 207. The predicted molar refractivity (Wildman–Crippen MR) is 54.2 cm³/mol. The molecule has 2 heterocycles. The van der Waals surface area contributed by atoms with Crippen LogP contribution in [-0.4, -0.2) is 18.1 Å². The molecule has 1 fully saturated rings. The summed E-state index contributed by atoms with van der Waals surface area (Å²) >= 11 is 1.69. The van der Waals surface area contributed by atoms with Crippen molar-refractivity contribution >= 4 is 23.7 Å². The summed E-state index contributed by atoms with van der Waals surface area (Å²) < 4.78 is 0. The summed E-state index contributed by atoms with van der Waals surface area (Å²) in [4.78, 5) is 4.32. The third-order valence-corrected chi connectivity index (χ3v) is 2.77. The molecular weight excluding hydrogens is 192 g/mol. The molecule has 1 saturated heterocycles. The van der Waals surface area contributed by atoms with Gasteiger partial charge < -0.3 is 5.32 Å². The van der Waals surface area contributed by atoms with Crippen LogP contribution in [0, 0.1) is 0 Å². The summed E-state index contributed by atoms with van der Waals surface area (Å²) in [6.07, 6.45) is 2.60. The number of piperidine rings is 1. The monoisotopic (exact) mass is 204 g/mol. The second-order valence-corrected chi connectivity index (χ2v) is 3.68. The molecule has 0 radical (unpaired) electrons. The number of nitrogens with one attached hydrogen (secondary N) is 1. The predicted octanol–water partition coefficient (Wildman–Crippen LogP) is 2.03. The van der Waals surface area contributed by atoms with E-state index in [4.69, 9.17) is 0 Å². The summed E-state index contributed by atoms with van der Waals surface area (Å²) in [7, 11) is 0. The summed E-state index contributed by atoms with van der Waals surface area (Å²) in [5.74, 6) is 0.676. The van der Waals surface area contributed by atoms with E-state index in [1.165, 1.54) is 25.1 Å². The van der Waals surface area contributed by atoms with Gasteiger partial charge in [0, 0.05) is 17.8 Å². The molecule has 1 atom stereocenters. The van der Waals surface area contributed by atoms with Gasteiger partial charge in [0.2, 0.25) is 0 Å². The lowest BCUT2D eigenvalue weighted by atomic mass is 9.97. The second kappa shape index (κ2) is 4.80. The van der Waals surface area contributed by atoms with E-state index in [1.807, 2.05) is 5.51 Å². The van der Waals surface area contributed by atoms with Gasteiger partial charge in [-0.1, -0.05) is 0 Å². The molecule has 4 heteroatoms. The van der Waals surface area contributed by atoms with Crippen LogP contribution >= 0.6 is 23.7 Å². The molecule has 2 rings (SSSR count). The van der Waals surface area contributed by atoms with Crippen molar-refractivity contribution < 1.29 is 0 Å². The van der Waals surface area contributed by atoms with Crippen LogP contribution in [0.1, 0.15) is 24.5 Å². The summed E-state index contributed by atoms with van der Waals surface area (Å²) in [6, 6.07) is 0. The number of hydrogen-bond donors (Lipinski definition) is 1. The van der Waals surface area contributed by atoms with Gasteiger partial charge in [0.15, 0.2) is 0 Å². The van der Waals surface area contributed by atoms with Crippen molar-refractivity contribution in [1.29, 1.82) is 0 Å². The van der Waals surface area contributed by atoms with E-state index >= 15 is 0 Å². The summed E-state index contributed by atoms with van der Waals surface area (Å²) in [6.45, 7) is 2.30. The first-order valence-electron chi connectivity index (χ1n) is 4.05. The SMILES string of the molecule is Cl.c1nc(C2CCCNC2)cs1. The van der Waals surface area contributed by atoms with Gasteiger partial charge in [-0.3, -0.25) is 0 Å². The smallest absolute Gasteiger partial charge is 0.0794 e. The van der Waals surface area contributed by atoms with Crippen LogP contribution in [0.4, 0.5) is 0 Å². The normalized spacial score (nSPS) is 23.2. The van der Waals surface area contributed by atoms with Crippen molar-refractivity contribution in [2.45, 2.75) is 18.8 Å². The fourth-order valence-electron chi connectivity index (χ4n) is 1.53. The molecule has 1 aliphatic rings. The molecule has 0 saturated carbocycles. The van der Waals surface area contributed by atoms with Crippen molar-refractivity contribution in [3.8, 4) is 0 Å².